The van der Waals surface area contributed by atoms with Gasteiger partial charge in [0, 0.05) is 49.5 Å². The van der Waals surface area contributed by atoms with Crippen molar-refractivity contribution >= 4 is 28.9 Å². The minimum Gasteiger partial charge on any atom is -0.363 e. The number of aromatic nitrogens is 4. The summed E-state index contributed by atoms with van der Waals surface area (Å²) < 4.78 is 1.72. The van der Waals surface area contributed by atoms with Gasteiger partial charge in [0.1, 0.15) is 17.5 Å². The van der Waals surface area contributed by atoms with Crippen LogP contribution in [0, 0.1) is 6.92 Å². The second-order valence-electron chi connectivity index (χ2n) is 7.21. The third-order valence-corrected chi connectivity index (χ3v) is 4.58. The van der Waals surface area contributed by atoms with E-state index >= 15 is 0 Å². The molecule has 0 unspecified atom stereocenters. The molecule has 4 rings (SSSR count). The monoisotopic (exact) mass is 413 g/mol. The maximum absolute atomic E-state index is 12.7. The van der Waals surface area contributed by atoms with Crippen LogP contribution in [0.25, 0.3) is 5.69 Å². The first-order valence-electron chi connectivity index (χ1n) is 9.79. The molecule has 31 heavy (non-hydrogen) atoms. The summed E-state index contributed by atoms with van der Waals surface area (Å²) >= 11 is 0. The van der Waals surface area contributed by atoms with Gasteiger partial charge in [-0.05, 0) is 55.5 Å². The summed E-state index contributed by atoms with van der Waals surface area (Å²) in [5, 5.41) is 10.4. The molecule has 2 heterocycles. The Balaban J connectivity index is 1.44. The number of anilines is 4. The third-order valence-electron chi connectivity index (χ3n) is 4.58. The smallest absolute Gasteiger partial charge is 0.255 e. The summed E-state index contributed by atoms with van der Waals surface area (Å²) in [6, 6.07) is 18.5. The molecule has 2 aromatic heterocycles. The van der Waals surface area contributed by atoms with Gasteiger partial charge in [-0.25, -0.2) is 14.6 Å². The molecule has 0 aliphatic heterocycles. The van der Waals surface area contributed by atoms with Crippen LogP contribution < -0.4 is 15.5 Å². The Morgan fingerprint density at radius 2 is 1.74 bits per heavy atom. The van der Waals surface area contributed by atoms with Crippen LogP contribution in [0.15, 0.2) is 73.1 Å². The summed E-state index contributed by atoms with van der Waals surface area (Å²) in [5.41, 5.74) is 2.95. The number of benzene rings is 2. The van der Waals surface area contributed by atoms with Gasteiger partial charge >= 0.3 is 0 Å². The van der Waals surface area contributed by atoms with Gasteiger partial charge in [0.15, 0.2) is 0 Å². The predicted octanol–water partition coefficient (Wildman–Crippen LogP) is 4.03. The number of amides is 1. The van der Waals surface area contributed by atoms with Gasteiger partial charge in [0.2, 0.25) is 0 Å². The molecule has 0 saturated carbocycles. The number of nitrogens with one attached hydrogen (secondary N) is 2. The summed E-state index contributed by atoms with van der Waals surface area (Å²) in [4.78, 5) is 23.4. The molecule has 0 atom stereocenters. The zero-order chi connectivity index (χ0) is 21.8. The van der Waals surface area contributed by atoms with E-state index < -0.39 is 0 Å². The van der Waals surface area contributed by atoms with Crippen LogP contribution in [0.2, 0.25) is 0 Å². The Hall–Kier alpha value is -4.20. The molecule has 8 nitrogen and oxygen atoms in total. The summed E-state index contributed by atoms with van der Waals surface area (Å²) in [6.45, 7) is 1.86. The minimum absolute atomic E-state index is 0.184. The van der Waals surface area contributed by atoms with E-state index in [1.807, 2.05) is 80.6 Å². The van der Waals surface area contributed by atoms with E-state index in [2.05, 4.69) is 25.7 Å². The largest absolute Gasteiger partial charge is 0.363 e. The van der Waals surface area contributed by atoms with Gasteiger partial charge in [0.25, 0.3) is 5.91 Å². The van der Waals surface area contributed by atoms with Gasteiger partial charge in [-0.2, -0.15) is 5.10 Å². The second-order valence-corrected chi connectivity index (χ2v) is 7.21. The van der Waals surface area contributed by atoms with Crippen molar-refractivity contribution in [2.24, 2.45) is 0 Å². The van der Waals surface area contributed by atoms with Gasteiger partial charge in [-0.3, -0.25) is 4.79 Å². The lowest BCUT2D eigenvalue weighted by molar-refractivity contribution is 0.102. The highest BCUT2D eigenvalue weighted by Crippen LogP contribution is 2.21. The molecule has 0 radical (unpaired) electrons. The summed E-state index contributed by atoms with van der Waals surface area (Å²) in [7, 11) is 3.88. The van der Waals surface area contributed by atoms with E-state index in [9.17, 15) is 4.79 Å². The molecule has 1 amide bonds. The van der Waals surface area contributed by atoms with Crippen molar-refractivity contribution in [3.05, 3.63) is 84.4 Å². The van der Waals surface area contributed by atoms with E-state index in [0.29, 0.717) is 22.9 Å². The Labute approximate surface area is 180 Å². The Morgan fingerprint density at radius 3 is 2.45 bits per heavy atom. The van der Waals surface area contributed by atoms with E-state index in [-0.39, 0.29) is 5.91 Å². The zero-order valence-corrected chi connectivity index (χ0v) is 17.6. The maximum atomic E-state index is 12.7. The quantitative estimate of drug-likeness (QED) is 0.496. The van der Waals surface area contributed by atoms with Crippen LogP contribution in [0.1, 0.15) is 16.2 Å². The molecule has 0 spiro atoms. The summed E-state index contributed by atoms with van der Waals surface area (Å²) in [6.07, 6.45) is 3.54. The average molecular weight is 413 g/mol. The summed E-state index contributed by atoms with van der Waals surface area (Å²) in [5.74, 6) is 2.05. The SMILES string of the molecule is Cc1nc(Nc2ccc(NC(=O)c3cccc(-n4cccn4)c3)cc2)cc(N(C)C)n1. The van der Waals surface area contributed by atoms with Crippen molar-refractivity contribution in [1.29, 1.82) is 0 Å². The molecule has 0 aliphatic carbocycles. The lowest BCUT2D eigenvalue weighted by atomic mass is 10.2. The minimum atomic E-state index is -0.184. The fourth-order valence-corrected chi connectivity index (χ4v) is 3.04. The molecule has 0 aliphatic rings. The first kappa shape index (κ1) is 20.1. The molecule has 2 N–H and O–H groups in total. The maximum Gasteiger partial charge on any atom is 0.255 e. The second kappa shape index (κ2) is 8.66. The highest BCUT2D eigenvalue weighted by Gasteiger charge is 2.09. The first-order chi connectivity index (χ1) is 15.0. The molecule has 0 bridgehead atoms. The van der Waals surface area contributed by atoms with E-state index in [4.69, 9.17) is 0 Å². The number of carbonyl (C=O) groups is 1. The number of aryl methyl sites for hydroxylation is 1. The highest BCUT2D eigenvalue weighted by atomic mass is 16.1. The first-order valence-corrected chi connectivity index (χ1v) is 9.79. The van der Waals surface area contributed by atoms with Crippen molar-refractivity contribution < 1.29 is 4.79 Å². The van der Waals surface area contributed by atoms with Crippen LogP contribution in [0.5, 0.6) is 0 Å². The number of carbonyl (C=O) groups excluding carboxylic acids is 1. The normalized spacial score (nSPS) is 10.5. The van der Waals surface area contributed by atoms with Crippen molar-refractivity contribution in [3.63, 3.8) is 0 Å². The molecule has 0 saturated heterocycles. The van der Waals surface area contributed by atoms with Crippen molar-refractivity contribution in [3.8, 4) is 5.69 Å². The molecular weight excluding hydrogens is 390 g/mol. The lowest BCUT2D eigenvalue weighted by Gasteiger charge is -2.14. The Morgan fingerprint density at radius 1 is 0.968 bits per heavy atom. The number of nitrogens with zero attached hydrogens (tertiary/aromatic N) is 5. The molecular formula is C23H23N7O. The molecule has 0 fully saturated rings. The number of rotatable bonds is 6. The topological polar surface area (TPSA) is 88.0 Å². The molecule has 8 heteroatoms. The van der Waals surface area contributed by atoms with E-state index in [1.54, 1.807) is 23.0 Å². The molecule has 156 valence electrons. The standard InChI is InChI=1S/C23H23N7O/c1-16-25-21(15-22(26-16)29(2)3)27-18-8-10-19(11-9-18)28-23(31)17-6-4-7-20(14-17)30-13-5-12-24-30/h4-15H,1-3H3,(H,28,31)(H,25,26,27). The number of hydrogen-bond donors (Lipinski definition) is 2. The van der Waals surface area contributed by atoms with Crippen molar-refractivity contribution in [2.45, 2.75) is 6.92 Å². The van der Waals surface area contributed by atoms with Crippen molar-refractivity contribution in [2.75, 3.05) is 29.6 Å². The van der Waals surface area contributed by atoms with Crippen molar-refractivity contribution in [1.82, 2.24) is 19.7 Å². The Bertz CT molecular complexity index is 1190. The lowest BCUT2D eigenvalue weighted by Crippen LogP contribution is -2.13. The van der Waals surface area contributed by atoms with Gasteiger partial charge in [-0.1, -0.05) is 6.07 Å². The Kier molecular flexibility index (Phi) is 5.61. The third kappa shape index (κ3) is 4.87. The van der Waals surface area contributed by atoms with Gasteiger partial charge in [-0.15, -0.1) is 0 Å². The van der Waals surface area contributed by atoms with Crippen LogP contribution >= 0.6 is 0 Å². The fourth-order valence-electron chi connectivity index (χ4n) is 3.04. The van der Waals surface area contributed by atoms with Crippen LogP contribution in [0.4, 0.5) is 23.0 Å². The predicted molar refractivity (Wildman–Crippen MR) is 122 cm³/mol. The zero-order valence-electron chi connectivity index (χ0n) is 17.6. The average Bonchev–Trinajstić information content (AvgIpc) is 3.30. The van der Waals surface area contributed by atoms with Crippen LogP contribution in [0.3, 0.4) is 0 Å². The van der Waals surface area contributed by atoms with Gasteiger partial charge < -0.3 is 15.5 Å². The fraction of sp³-hybridized carbons (Fsp3) is 0.130. The highest BCUT2D eigenvalue weighted by molar-refractivity contribution is 6.04. The van der Waals surface area contributed by atoms with Crippen LogP contribution in [-0.2, 0) is 0 Å². The number of hydrogen-bond acceptors (Lipinski definition) is 6. The van der Waals surface area contributed by atoms with E-state index in [1.165, 1.54) is 0 Å². The van der Waals surface area contributed by atoms with E-state index in [0.717, 1.165) is 17.2 Å². The molecule has 2 aromatic carbocycles. The van der Waals surface area contributed by atoms with Crippen LogP contribution in [-0.4, -0.2) is 39.8 Å². The molecule has 4 aromatic rings. The van der Waals surface area contributed by atoms with Gasteiger partial charge in [0.05, 0.1) is 5.69 Å².